The molecule has 9 heteroatoms. The van der Waals surface area contributed by atoms with Crippen molar-refractivity contribution in [2.24, 2.45) is 0 Å². The monoisotopic (exact) mass is 355 g/mol. The third kappa shape index (κ3) is 4.63. The second-order valence-corrected chi connectivity index (χ2v) is 5.77. The summed E-state index contributed by atoms with van der Waals surface area (Å²) in [5, 5.41) is 0. The molecule has 0 radical (unpaired) electrons. The van der Waals surface area contributed by atoms with Crippen LogP contribution in [0.4, 0.5) is 8.78 Å². The maximum atomic E-state index is 14.1. The fourth-order valence-corrected chi connectivity index (χ4v) is 2.52. The van der Waals surface area contributed by atoms with Crippen molar-refractivity contribution in [1.82, 2.24) is 9.29 Å². The van der Waals surface area contributed by atoms with Crippen LogP contribution in [-0.4, -0.2) is 31.1 Å². The van der Waals surface area contributed by atoms with Gasteiger partial charge in [-0.1, -0.05) is 6.07 Å². The molecule has 0 saturated heterocycles. The number of rotatable bonds is 6. The Labute approximate surface area is 139 Å². The van der Waals surface area contributed by atoms with Crippen molar-refractivity contribution in [3.63, 3.8) is 0 Å². The molecule has 0 bridgehead atoms. The number of methoxy groups -OCH3 is 1. The van der Waals surface area contributed by atoms with Crippen LogP contribution in [0.15, 0.2) is 36.7 Å². The van der Waals surface area contributed by atoms with Crippen LogP contribution in [0, 0.1) is 11.6 Å². The minimum absolute atomic E-state index is 0.0166. The van der Waals surface area contributed by atoms with Crippen LogP contribution in [0.3, 0.4) is 0 Å². The van der Waals surface area contributed by atoms with Crippen LogP contribution >= 0.6 is 0 Å². The quantitative estimate of drug-likeness (QED) is 0.584. The van der Waals surface area contributed by atoms with Crippen LogP contribution in [0.25, 0.3) is 0 Å². The molecule has 0 spiro atoms. The molecule has 1 aromatic heterocycles. The van der Waals surface area contributed by atoms with E-state index in [0.717, 1.165) is 22.6 Å². The Bertz CT molecular complexity index is 773. The Hall–Kier alpha value is -2.23. The zero-order valence-electron chi connectivity index (χ0n) is 12.6. The second-order valence-electron chi connectivity index (χ2n) is 4.82. The predicted molar refractivity (Wildman–Crippen MR) is 80.1 cm³/mol. The molecule has 1 aromatic carbocycles. The number of hydrogen-bond donors (Lipinski definition) is 0. The fourth-order valence-electron chi connectivity index (χ4n) is 2.02. The number of halogens is 2. The number of pyridine rings is 1. The van der Waals surface area contributed by atoms with Gasteiger partial charge in [0.1, 0.15) is 11.6 Å². The Morgan fingerprint density at radius 3 is 2.62 bits per heavy atom. The Morgan fingerprint density at radius 1 is 1.29 bits per heavy atom. The molecule has 1 unspecified atom stereocenters. The molecular formula is C15H13F2N2O4S-. The maximum absolute atomic E-state index is 14.1. The second kappa shape index (κ2) is 8.04. The summed E-state index contributed by atoms with van der Waals surface area (Å²) < 4.78 is 55.3. The number of carbonyl (C=O) groups excluding carboxylic acids is 1. The molecule has 1 heterocycles. The molecule has 24 heavy (non-hydrogen) atoms. The first-order chi connectivity index (χ1) is 11.4. The van der Waals surface area contributed by atoms with E-state index in [1.807, 2.05) is 0 Å². The van der Waals surface area contributed by atoms with E-state index in [1.165, 1.54) is 25.4 Å². The van der Waals surface area contributed by atoms with E-state index in [2.05, 4.69) is 9.72 Å². The van der Waals surface area contributed by atoms with E-state index in [9.17, 15) is 22.3 Å². The molecule has 1 atom stereocenters. The molecule has 0 fully saturated rings. The van der Waals surface area contributed by atoms with Crippen LogP contribution in [-0.2, 0) is 29.1 Å². The van der Waals surface area contributed by atoms with E-state index in [-0.39, 0.29) is 24.2 Å². The number of esters is 1. The number of nitrogens with zero attached hydrogens (tertiary/aromatic N) is 2. The van der Waals surface area contributed by atoms with Gasteiger partial charge in [-0.25, -0.2) is 17.9 Å². The van der Waals surface area contributed by atoms with Crippen LogP contribution < -0.4 is 0 Å². The Morgan fingerprint density at radius 2 is 2.04 bits per heavy atom. The summed E-state index contributed by atoms with van der Waals surface area (Å²) in [6.45, 7) is -0.445. The van der Waals surface area contributed by atoms with Gasteiger partial charge in [0.25, 0.3) is 0 Å². The van der Waals surface area contributed by atoms with Gasteiger partial charge in [0.15, 0.2) is 0 Å². The topological polar surface area (TPSA) is 82.6 Å². The van der Waals surface area contributed by atoms with Gasteiger partial charge in [-0.3, -0.25) is 9.19 Å². The zero-order valence-corrected chi connectivity index (χ0v) is 13.4. The normalized spacial score (nSPS) is 12.2. The average Bonchev–Trinajstić information content (AvgIpc) is 2.55. The van der Waals surface area contributed by atoms with E-state index in [1.54, 1.807) is 0 Å². The number of benzene rings is 1. The van der Waals surface area contributed by atoms with Gasteiger partial charge in [0.2, 0.25) is 0 Å². The van der Waals surface area contributed by atoms with Crippen molar-refractivity contribution in [1.29, 1.82) is 0 Å². The SMILES string of the molecule is COC(=O)c1ccc(CN(Cc2cncc(F)c2)S(=O)[O-])c(F)c1. The summed E-state index contributed by atoms with van der Waals surface area (Å²) in [6, 6.07) is 4.74. The average molecular weight is 355 g/mol. The van der Waals surface area contributed by atoms with Crippen molar-refractivity contribution < 1.29 is 27.1 Å². The molecule has 128 valence electrons. The maximum Gasteiger partial charge on any atom is 0.337 e. The molecule has 0 aliphatic rings. The van der Waals surface area contributed by atoms with Gasteiger partial charge < -0.3 is 9.29 Å². The number of hydrogen-bond acceptors (Lipinski definition) is 5. The first kappa shape index (κ1) is 18.1. The van der Waals surface area contributed by atoms with Gasteiger partial charge in [-0.05, 0) is 23.8 Å². The molecule has 0 amide bonds. The Kier molecular flexibility index (Phi) is 6.07. The standard InChI is InChI=1S/C15H14F2N2O4S/c1-23-15(20)11-2-3-12(14(17)5-11)9-19(24(21)22)8-10-4-13(16)7-18-6-10/h2-7H,8-9H2,1H3,(H,21,22)/p-1. The molecule has 0 saturated carbocycles. The predicted octanol–water partition coefficient (Wildman–Crippen LogP) is 1.94. The van der Waals surface area contributed by atoms with Gasteiger partial charge in [0, 0.05) is 36.1 Å². The highest BCUT2D eigenvalue weighted by Gasteiger charge is 2.14. The minimum atomic E-state index is -2.66. The lowest BCUT2D eigenvalue weighted by atomic mass is 10.1. The number of carbonyl (C=O) groups is 1. The smallest absolute Gasteiger partial charge is 0.337 e. The van der Waals surface area contributed by atoms with E-state index < -0.39 is 28.9 Å². The van der Waals surface area contributed by atoms with Crippen LogP contribution in [0.5, 0.6) is 0 Å². The van der Waals surface area contributed by atoms with Gasteiger partial charge >= 0.3 is 5.97 Å². The molecule has 0 aliphatic heterocycles. The van der Waals surface area contributed by atoms with Crippen LogP contribution in [0.1, 0.15) is 21.5 Å². The molecule has 2 aromatic rings. The Balaban J connectivity index is 2.19. The molecule has 2 rings (SSSR count). The van der Waals surface area contributed by atoms with E-state index in [4.69, 9.17) is 0 Å². The van der Waals surface area contributed by atoms with Gasteiger partial charge in [0.05, 0.1) is 18.9 Å². The third-order valence-corrected chi connectivity index (χ3v) is 3.83. The highest BCUT2D eigenvalue weighted by Crippen LogP contribution is 2.16. The molecule has 0 N–H and O–H groups in total. The summed E-state index contributed by atoms with van der Waals surface area (Å²) in [5.74, 6) is -2.04. The highest BCUT2D eigenvalue weighted by molar-refractivity contribution is 7.76. The van der Waals surface area contributed by atoms with E-state index in [0.29, 0.717) is 5.56 Å². The summed E-state index contributed by atoms with van der Waals surface area (Å²) in [7, 11) is 1.17. The zero-order chi connectivity index (χ0) is 17.7. The van der Waals surface area contributed by atoms with E-state index >= 15 is 0 Å². The van der Waals surface area contributed by atoms with Crippen LogP contribution in [0.2, 0.25) is 0 Å². The fraction of sp³-hybridized carbons (Fsp3) is 0.200. The molecule has 0 aliphatic carbocycles. The summed E-state index contributed by atoms with van der Waals surface area (Å²) in [5.41, 5.74) is 0.407. The third-order valence-electron chi connectivity index (χ3n) is 3.15. The highest BCUT2D eigenvalue weighted by atomic mass is 32.2. The summed E-state index contributed by atoms with van der Waals surface area (Å²) >= 11 is -2.66. The van der Waals surface area contributed by atoms with Crippen molar-refractivity contribution in [3.8, 4) is 0 Å². The lowest BCUT2D eigenvalue weighted by Crippen LogP contribution is -2.25. The number of ether oxygens (including phenoxy) is 1. The first-order valence-electron chi connectivity index (χ1n) is 6.71. The summed E-state index contributed by atoms with van der Waals surface area (Å²) in [6.07, 6.45) is 2.31. The molecular weight excluding hydrogens is 342 g/mol. The van der Waals surface area contributed by atoms with Crippen molar-refractivity contribution >= 4 is 17.2 Å². The minimum Gasteiger partial charge on any atom is -0.760 e. The molecule has 6 nitrogen and oxygen atoms in total. The van der Waals surface area contributed by atoms with Gasteiger partial charge in [-0.15, -0.1) is 0 Å². The van der Waals surface area contributed by atoms with Crippen molar-refractivity contribution in [2.75, 3.05) is 7.11 Å². The van der Waals surface area contributed by atoms with Gasteiger partial charge in [-0.2, -0.15) is 0 Å². The van der Waals surface area contributed by atoms with Crippen molar-refractivity contribution in [2.45, 2.75) is 13.1 Å². The summed E-state index contributed by atoms with van der Waals surface area (Å²) in [4.78, 5) is 15.0. The first-order valence-corrected chi connectivity index (χ1v) is 7.74. The lowest BCUT2D eigenvalue weighted by molar-refractivity contribution is 0.0600. The number of aromatic nitrogens is 1. The lowest BCUT2D eigenvalue weighted by Gasteiger charge is -2.24. The largest absolute Gasteiger partial charge is 0.760 e. The van der Waals surface area contributed by atoms with Crippen molar-refractivity contribution in [3.05, 3.63) is 65.0 Å².